The third-order valence-electron chi connectivity index (χ3n) is 2.62. The van der Waals surface area contributed by atoms with E-state index in [1.165, 1.54) is 16.8 Å². The Morgan fingerprint density at radius 1 is 1.47 bits per heavy atom. The molecule has 1 N–H and O–H groups in total. The lowest BCUT2D eigenvalue weighted by Gasteiger charge is -1.98. The number of nitrogens with zero attached hydrogens (tertiary/aromatic N) is 3. The van der Waals surface area contributed by atoms with E-state index in [1.807, 2.05) is 0 Å². The van der Waals surface area contributed by atoms with Crippen LogP contribution in [-0.2, 0) is 6.54 Å². The number of aromatic nitrogens is 4. The summed E-state index contributed by atoms with van der Waals surface area (Å²) in [7, 11) is 0. The summed E-state index contributed by atoms with van der Waals surface area (Å²) >= 11 is 0. The highest BCUT2D eigenvalue weighted by Crippen LogP contribution is 2.38. The van der Waals surface area contributed by atoms with Crippen LogP contribution in [0.2, 0.25) is 0 Å². The summed E-state index contributed by atoms with van der Waals surface area (Å²) in [5.41, 5.74) is -0.895. The summed E-state index contributed by atoms with van der Waals surface area (Å²) in [4.78, 5) is 28.7. The highest BCUT2D eigenvalue weighted by Gasteiger charge is 2.29. The molecule has 0 saturated heterocycles. The normalized spacial score (nSPS) is 15.1. The van der Waals surface area contributed by atoms with Crippen molar-refractivity contribution < 1.29 is 4.52 Å². The predicted molar refractivity (Wildman–Crippen MR) is 56.7 cm³/mol. The van der Waals surface area contributed by atoms with Crippen LogP contribution in [0.25, 0.3) is 0 Å². The number of aromatic amines is 1. The summed E-state index contributed by atoms with van der Waals surface area (Å²) in [6.45, 7) is 0.200. The van der Waals surface area contributed by atoms with E-state index in [0.717, 1.165) is 12.8 Å². The minimum Gasteiger partial charge on any atom is -0.339 e. The Morgan fingerprint density at radius 2 is 2.29 bits per heavy atom. The topological polar surface area (TPSA) is 93.8 Å². The molecule has 0 atom stereocenters. The van der Waals surface area contributed by atoms with Crippen LogP contribution in [-0.4, -0.2) is 19.7 Å². The fourth-order valence-electron chi connectivity index (χ4n) is 1.55. The van der Waals surface area contributed by atoms with E-state index in [9.17, 15) is 9.59 Å². The van der Waals surface area contributed by atoms with E-state index in [-0.39, 0.29) is 6.54 Å². The molecule has 88 valence electrons. The molecule has 7 heteroatoms. The Bertz CT molecular complexity index is 650. The lowest BCUT2D eigenvalue weighted by atomic mass is 10.4. The van der Waals surface area contributed by atoms with Gasteiger partial charge in [0.05, 0.1) is 6.54 Å². The van der Waals surface area contributed by atoms with Gasteiger partial charge in [0, 0.05) is 18.2 Å². The maximum absolute atomic E-state index is 11.4. The second-order valence-electron chi connectivity index (χ2n) is 4.06. The SMILES string of the molecule is O=c1ccn(Cc2noc(C3CC3)n2)c(=O)[nH]1. The molecular formula is C10H10N4O3. The average molecular weight is 234 g/mol. The van der Waals surface area contributed by atoms with Crippen molar-refractivity contribution in [3.63, 3.8) is 0 Å². The van der Waals surface area contributed by atoms with E-state index in [4.69, 9.17) is 4.52 Å². The molecule has 7 nitrogen and oxygen atoms in total. The van der Waals surface area contributed by atoms with Crippen molar-refractivity contribution in [3.05, 3.63) is 44.8 Å². The molecule has 1 aliphatic rings. The molecule has 0 amide bonds. The van der Waals surface area contributed by atoms with Crippen LogP contribution in [0.3, 0.4) is 0 Å². The van der Waals surface area contributed by atoms with Crippen LogP contribution >= 0.6 is 0 Å². The minimum atomic E-state index is -0.477. The first kappa shape index (κ1) is 10.0. The van der Waals surface area contributed by atoms with Crippen LogP contribution in [0.5, 0.6) is 0 Å². The van der Waals surface area contributed by atoms with Gasteiger partial charge in [0.2, 0.25) is 5.89 Å². The van der Waals surface area contributed by atoms with Gasteiger partial charge in [-0.1, -0.05) is 5.16 Å². The first-order valence-corrected chi connectivity index (χ1v) is 5.34. The van der Waals surface area contributed by atoms with Crippen LogP contribution < -0.4 is 11.2 Å². The second kappa shape index (κ2) is 3.69. The molecule has 3 rings (SSSR count). The molecule has 1 fully saturated rings. The van der Waals surface area contributed by atoms with Gasteiger partial charge in [0.15, 0.2) is 5.82 Å². The molecule has 2 aromatic heterocycles. The Hall–Kier alpha value is -2.18. The Balaban J connectivity index is 1.85. The van der Waals surface area contributed by atoms with Gasteiger partial charge in [0.25, 0.3) is 5.56 Å². The second-order valence-corrected chi connectivity index (χ2v) is 4.06. The lowest BCUT2D eigenvalue weighted by Crippen LogP contribution is -2.29. The number of H-pyrrole nitrogens is 1. The number of rotatable bonds is 3. The molecule has 1 aliphatic carbocycles. The van der Waals surface area contributed by atoms with Crippen molar-refractivity contribution >= 4 is 0 Å². The van der Waals surface area contributed by atoms with Crippen molar-refractivity contribution in [2.24, 2.45) is 0 Å². The molecule has 0 spiro atoms. The Labute approximate surface area is 95.1 Å². The predicted octanol–water partition coefficient (Wildman–Crippen LogP) is -0.155. The number of nitrogens with one attached hydrogen (secondary N) is 1. The minimum absolute atomic E-state index is 0.200. The van der Waals surface area contributed by atoms with Gasteiger partial charge in [-0.3, -0.25) is 14.3 Å². The maximum atomic E-state index is 11.4. The van der Waals surface area contributed by atoms with Crippen LogP contribution in [0.4, 0.5) is 0 Å². The third-order valence-corrected chi connectivity index (χ3v) is 2.62. The van der Waals surface area contributed by atoms with Gasteiger partial charge in [-0.15, -0.1) is 0 Å². The standard InChI is InChI=1S/C10H10N4O3/c15-8-3-4-14(10(16)12-8)5-7-11-9(17-13-7)6-1-2-6/h3-4,6H,1-2,5H2,(H,12,15,16). The zero-order chi connectivity index (χ0) is 11.8. The molecule has 0 unspecified atom stereocenters. The monoisotopic (exact) mass is 234 g/mol. The van der Waals surface area contributed by atoms with Crippen molar-refractivity contribution in [2.75, 3.05) is 0 Å². The molecule has 17 heavy (non-hydrogen) atoms. The van der Waals surface area contributed by atoms with Crippen LogP contribution in [0.15, 0.2) is 26.4 Å². The highest BCUT2D eigenvalue weighted by molar-refractivity contribution is 5.02. The van der Waals surface area contributed by atoms with E-state index < -0.39 is 11.2 Å². The lowest BCUT2D eigenvalue weighted by molar-refractivity contribution is 0.372. The van der Waals surface area contributed by atoms with E-state index in [1.54, 1.807) is 0 Å². The molecule has 0 aliphatic heterocycles. The summed E-state index contributed by atoms with van der Waals surface area (Å²) in [6, 6.07) is 1.28. The molecule has 1 saturated carbocycles. The van der Waals surface area contributed by atoms with Gasteiger partial charge in [-0.25, -0.2) is 4.79 Å². The first-order chi connectivity index (χ1) is 8.22. The van der Waals surface area contributed by atoms with Gasteiger partial charge >= 0.3 is 5.69 Å². The third kappa shape index (κ3) is 2.03. The summed E-state index contributed by atoms with van der Waals surface area (Å²) < 4.78 is 6.40. The van der Waals surface area contributed by atoms with Gasteiger partial charge in [-0.2, -0.15) is 4.98 Å². The first-order valence-electron chi connectivity index (χ1n) is 5.34. The molecule has 0 radical (unpaired) electrons. The van der Waals surface area contributed by atoms with Gasteiger partial charge in [0.1, 0.15) is 0 Å². The van der Waals surface area contributed by atoms with Crippen LogP contribution in [0, 0.1) is 0 Å². The Morgan fingerprint density at radius 3 is 3.00 bits per heavy atom. The number of hydrogen-bond donors (Lipinski definition) is 1. The largest absolute Gasteiger partial charge is 0.339 e. The zero-order valence-electron chi connectivity index (χ0n) is 8.92. The molecular weight excluding hydrogens is 224 g/mol. The van der Waals surface area contributed by atoms with Crippen LogP contribution in [0.1, 0.15) is 30.5 Å². The van der Waals surface area contributed by atoms with Gasteiger partial charge < -0.3 is 4.52 Å². The fourth-order valence-corrected chi connectivity index (χ4v) is 1.55. The van der Waals surface area contributed by atoms with Gasteiger partial charge in [-0.05, 0) is 12.8 Å². The summed E-state index contributed by atoms with van der Waals surface area (Å²) in [5.74, 6) is 1.47. The fraction of sp³-hybridized carbons (Fsp3) is 0.400. The Kier molecular flexibility index (Phi) is 2.17. The van der Waals surface area contributed by atoms with E-state index in [2.05, 4.69) is 15.1 Å². The zero-order valence-corrected chi connectivity index (χ0v) is 8.92. The molecule has 2 aromatic rings. The molecule has 0 bridgehead atoms. The maximum Gasteiger partial charge on any atom is 0.328 e. The van der Waals surface area contributed by atoms with Crippen molar-refractivity contribution in [2.45, 2.75) is 25.3 Å². The van der Waals surface area contributed by atoms with E-state index in [0.29, 0.717) is 17.6 Å². The quantitative estimate of drug-likeness (QED) is 0.796. The van der Waals surface area contributed by atoms with Crippen molar-refractivity contribution in [1.82, 2.24) is 19.7 Å². The smallest absolute Gasteiger partial charge is 0.328 e. The van der Waals surface area contributed by atoms with Crippen molar-refractivity contribution in [1.29, 1.82) is 0 Å². The molecule has 2 heterocycles. The van der Waals surface area contributed by atoms with Crippen molar-refractivity contribution in [3.8, 4) is 0 Å². The summed E-state index contributed by atoms with van der Waals surface area (Å²) in [5, 5.41) is 3.80. The number of hydrogen-bond acceptors (Lipinski definition) is 5. The summed E-state index contributed by atoms with van der Waals surface area (Å²) in [6.07, 6.45) is 3.58. The average Bonchev–Trinajstić information content (AvgIpc) is 3.04. The molecule has 0 aromatic carbocycles. The van der Waals surface area contributed by atoms with E-state index >= 15 is 0 Å². The highest BCUT2D eigenvalue weighted by atomic mass is 16.5.